The number of amides is 3. The molecule has 2 aromatic carbocycles. The fourth-order valence-corrected chi connectivity index (χ4v) is 3.34. The van der Waals surface area contributed by atoms with Crippen molar-refractivity contribution in [2.75, 3.05) is 10.6 Å². The smallest absolute Gasteiger partial charge is 0.319 e. The van der Waals surface area contributed by atoms with Gasteiger partial charge in [0.1, 0.15) is 0 Å². The number of anilines is 2. The summed E-state index contributed by atoms with van der Waals surface area (Å²) in [5.74, 6) is -0.228. The number of sulfonamides is 1. The molecule has 4 N–H and O–H groups in total. The lowest BCUT2D eigenvalue weighted by Gasteiger charge is -2.11. The molecule has 3 amide bonds. The van der Waals surface area contributed by atoms with Crippen LogP contribution in [0.5, 0.6) is 0 Å². The summed E-state index contributed by atoms with van der Waals surface area (Å²) < 4.78 is 27.3. The van der Waals surface area contributed by atoms with Crippen molar-refractivity contribution in [3.05, 3.63) is 54.1 Å². The Kier molecular flexibility index (Phi) is 7.13. The Balaban J connectivity index is 1.95. The van der Waals surface area contributed by atoms with E-state index in [2.05, 4.69) is 20.7 Å². The van der Waals surface area contributed by atoms with Crippen LogP contribution in [0.1, 0.15) is 26.3 Å². The van der Waals surface area contributed by atoms with Crippen molar-refractivity contribution in [2.45, 2.75) is 38.3 Å². The summed E-state index contributed by atoms with van der Waals surface area (Å²) in [6.45, 7) is 5.21. The Morgan fingerprint density at radius 2 is 1.43 bits per heavy atom. The monoisotopic (exact) mass is 404 g/mol. The Morgan fingerprint density at radius 1 is 0.893 bits per heavy atom. The maximum absolute atomic E-state index is 12.4. The minimum atomic E-state index is -3.69. The van der Waals surface area contributed by atoms with Gasteiger partial charge in [-0.15, -0.1) is 0 Å². The van der Waals surface area contributed by atoms with E-state index in [0.717, 1.165) is 5.56 Å². The van der Waals surface area contributed by atoms with Crippen molar-refractivity contribution in [1.82, 2.24) is 10.0 Å². The van der Waals surface area contributed by atoms with Crippen molar-refractivity contribution >= 4 is 33.3 Å². The van der Waals surface area contributed by atoms with Gasteiger partial charge in [-0.3, -0.25) is 4.79 Å². The number of benzene rings is 2. The summed E-state index contributed by atoms with van der Waals surface area (Å²) in [6, 6.07) is 12.5. The van der Waals surface area contributed by atoms with Crippen molar-refractivity contribution in [1.29, 1.82) is 0 Å². The Morgan fingerprint density at radius 3 is 1.96 bits per heavy atom. The highest BCUT2D eigenvalue weighted by Crippen LogP contribution is 2.15. The quantitative estimate of drug-likeness (QED) is 0.568. The van der Waals surface area contributed by atoms with Gasteiger partial charge in [0.25, 0.3) is 0 Å². The van der Waals surface area contributed by atoms with E-state index < -0.39 is 10.0 Å². The number of hydrogen-bond donors (Lipinski definition) is 4. The predicted molar refractivity (Wildman–Crippen MR) is 109 cm³/mol. The van der Waals surface area contributed by atoms with Crippen LogP contribution in [0, 0.1) is 0 Å². The van der Waals surface area contributed by atoms with Crippen LogP contribution in [0.25, 0.3) is 0 Å². The molecule has 2 aromatic rings. The molecule has 0 radical (unpaired) electrons. The van der Waals surface area contributed by atoms with Gasteiger partial charge in [0.2, 0.25) is 15.9 Å². The van der Waals surface area contributed by atoms with Crippen LogP contribution in [-0.2, 0) is 21.4 Å². The minimum absolute atomic E-state index is 0.0287. The second-order valence-corrected chi connectivity index (χ2v) is 8.25. The number of carbonyl (C=O) groups excluding carboxylic acids is 2. The highest BCUT2D eigenvalue weighted by molar-refractivity contribution is 7.89. The first kappa shape index (κ1) is 21.4. The zero-order chi connectivity index (χ0) is 20.7. The molecule has 0 atom stereocenters. The molecule has 0 saturated carbocycles. The van der Waals surface area contributed by atoms with Crippen LogP contribution in [0.3, 0.4) is 0 Å². The van der Waals surface area contributed by atoms with Crippen LogP contribution in [0.2, 0.25) is 0 Å². The van der Waals surface area contributed by atoms with Crippen molar-refractivity contribution in [3.8, 4) is 0 Å². The summed E-state index contributed by atoms with van der Waals surface area (Å²) >= 11 is 0. The average molecular weight is 404 g/mol. The third-order valence-corrected chi connectivity index (χ3v) is 5.00. The molecule has 28 heavy (non-hydrogen) atoms. The van der Waals surface area contributed by atoms with E-state index >= 15 is 0 Å². The lowest BCUT2D eigenvalue weighted by Crippen LogP contribution is -2.34. The molecular weight excluding hydrogens is 380 g/mol. The summed E-state index contributed by atoms with van der Waals surface area (Å²) in [5.41, 5.74) is 1.88. The maximum Gasteiger partial charge on any atom is 0.319 e. The molecule has 0 heterocycles. The maximum atomic E-state index is 12.4. The number of hydrogen-bond acceptors (Lipinski definition) is 4. The van der Waals surface area contributed by atoms with Gasteiger partial charge < -0.3 is 16.0 Å². The number of nitrogens with one attached hydrogen (secondary N) is 4. The van der Waals surface area contributed by atoms with Gasteiger partial charge in [0.05, 0.1) is 4.90 Å². The van der Waals surface area contributed by atoms with E-state index in [1.54, 1.807) is 24.3 Å². The van der Waals surface area contributed by atoms with Crippen molar-refractivity contribution in [3.63, 3.8) is 0 Å². The molecule has 0 aliphatic carbocycles. The zero-order valence-corrected chi connectivity index (χ0v) is 16.8. The SMILES string of the molecule is CC(=O)Nc1ccc(S(=O)(=O)NCc2ccc(NC(=O)NC(C)C)cc2)cc1. The molecule has 9 heteroatoms. The molecule has 0 aliphatic rings. The number of rotatable bonds is 7. The topological polar surface area (TPSA) is 116 Å². The summed E-state index contributed by atoms with van der Waals surface area (Å²) in [5, 5.41) is 8.00. The van der Waals surface area contributed by atoms with Gasteiger partial charge in [-0.25, -0.2) is 17.9 Å². The zero-order valence-electron chi connectivity index (χ0n) is 15.9. The summed E-state index contributed by atoms with van der Waals surface area (Å²) in [6.07, 6.45) is 0. The van der Waals surface area contributed by atoms with Crippen molar-refractivity contribution in [2.24, 2.45) is 0 Å². The first-order valence-corrected chi connectivity index (χ1v) is 10.2. The third-order valence-electron chi connectivity index (χ3n) is 3.58. The van der Waals surface area contributed by atoms with Crippen molar-refractivity contribution < 1.29 is 18.0 Å². The molecular formula is C19H24N4O4S. The van der Waals surface area contributed by atoms with Crippen LogP contribution in [0.4, 0.5) is 16.2 Å². The van der Waals surface area contributed by atoms with E-state index in [1.807, 2.05) is 13.8 Å². The fraction of sp³-hybridized carbons (Fsp3) is 0.263. The molecule has 0 unspecified atom stereocenters. The Labute approximate surface area is 164 Å². The second-order valence-electron chi connectivity index (χ2n) is 6.48. The summed E-state index contributed by atoms with van der Waals surface area (Å²) in [4.78, 5) is 22.8. The fourth-order valence-electron chi connectivity index (χ4n) is 2.32. The Hall–Kier alpha value is -2.91. The number of carbonyl (C=O) groups is 2. The standard InChI is InChI=1S/C19H24N4O4S/c1-13(2)21-19(25)23-17-6-4-15(5-7-17)12-20-28(26,27)18-10-8-16(9-11-18)22-14(3)24/h4-11,13,20H,12H2,1-3H3,(H,22,24)(H2,21,23,25). The van der Waals surface area contributed by atoms with Gasteiger partial charge in [-0.2, -0.15) is 0 Å². The summed E-state index contributed by atoms with van der Waals surface area (Å²) in [7, 11) is -3.69. The van der Waals surface area contributed by atoms with E-state index in [-0.39, 0.29) is 29.4 Å². The molecule has 2 rings (SSSR count). The molecule has 8 nitrogen and oxygen atoms in total. The van der Waals surface area contributed by atoms with Crippen LogP contribution in [-0.4, -0.2) is 26.4 Å². The van der Waals surface area contributed by atoms with Gasteiger partial charge in [-0.1, -0.05) is 12.1 Å². The number of urea groups is 1. The molecule has 0 bridgehead atoms. The molecule has 150 valence electrons. The van der Waals surface area contributed by atoms with E-state index in [4.69, 9.17) is 0 Å². The Bertz CT molecular complexity index is 923. The lowest BCUT2D eigenvalue weighted by atomic mass is 10.2. The predicted octanol–water partition coefficient (Wildman–Crippen LogP) is 2.65. The first-order valence-electron chi connectivity index (χ1n) is 8.69. The molecule has 0 fully saturated rings. The second kappa shape index (κ2) is 9.34. The normalized spacial score (nSPS) is 11.1. The van der Waals surface area contributed by atoms with Gasteiger partial charge in [0.15, 0.2) is 0 Å². The van der Waals surface area contributed by atoms with Gasteiger partial charge >= 0.3 is 6.03 Å². The van der Waals surface area contributed by atoms with Gasteiger partial charge in [0, 0.05) is 30.9 Å². The van der Waals surface area contributed by atoms with Crippen LogP contribution in [0.15, 0.2) is 53.4 Å². The highest BCUT2D eigenvalue weighted by atomic mass is 32.2. The molecule has 0 spiro atoms. The van der Waals surface area contributed by atoms with E-state index in [9.17, 15) is 18.0 Å². The average Bonchev–Trinajstić information content (AvgIpc) is 2.60. The minimum Gasteiger partial charge on any atom is -0.336 e. The third kappa shape index (κ3) is 6.67. The van der Waals surface area contributed by atoms with Crippen LogP contribution < -0.4 is 20.7 Å². The lowest BCUT2D eigenvalue weighted by molar-refractivity contribution is -0.114. The molecule has 0 aliphatic heterocycles. The first-order chi connectivity index (χ1) is 13.2. The highest BCUT2D eigenvalue weighted by Gasteiger charge is 2.13. The molecule has 0 saturated heterocycles. The van der Waals surface area contributed by atoms with Gasteiger partial charge in [-0.05, 0) is 55.8 Å². The van der Waals surface area contributed by atoms with E-state index in [1.165, 1.54) is 31.2 Å². The largest absolute Gasteiger partial charge is 0.336 e. The van der Waals surface area contributed by atoms with Crippen LogP contribution >= 0.6 is 0 Å². The van der Waals surface area contributed by atoms with E-state index in [0.29, 0.717) is 11.4 Å². The molecule has 0 aromatic heterocycles.